The van der Waals surface area contributed by atoms with Crippen molar-refractivity contribution >= 4 is 40.6 Å². The van der Waals surface area contributed by atoms with E-state index in [1.807, 2.05) is 93.2 Å². The normalized spacial score (nSPS) is 14.9. The van der Waals surface area contributed by atoms with E-state index in [-0.39, 0.29) is 23.3 Å². The molecule has 0 radical (unpaired) electrons. The zero-order valence-electron chi connectivity index (χ0n) is 27.5. The number of rotatable bonds is 11. The second-order valence-electron chi connectivity index (χ2n) is 13.3. The molecule has 1 saturated heterocycles. The van der Waals surface area contributed by atoms with Crippen LogP contribution >= 0.6 is 0 Å². The van der Waals surface area contributed by atoms with Crippen molar-refractivity contribution in [3.8, 4) is 0 Å². The van der Waals surface area contributed by atoms with Crippen molar-refractivity contribution in [2.45, 2.75) is 59.0 Å². The van der Waals surface area contributed by atoms with Crippen LogP contribution in [-0.4, -0.2) is 67.9 Å². The van der Waals surface area contributed by atoms with Crippen LogP contribution < -0.4 is 20.9 Å². The summed E-state index contributed by atoms with van der Waals surface area (Å²) in [5, 5.41) is 8.92. The molecule has 4 amide bonds. The third-order valence-electron chi connectivity index (χ3n) is 8.06. The number of benzene rings is 3. The van der Waals surface area contributed by atoms with Gasteiger partial charge in [-0.15, -0.1) is 0 Å². The first-order valence-electron chi connectivity index (χ1n) is 15.7. The Labute approximate surface area is 268 Å². The molecule has 0 aromatic heterocycles. The first-order valence-corrected chi connectivity index (χ1v) is 15.7. The maximum Gasteiger partial charge on any atom is 0.322 e. The van der Waals surface area contributed by atoms with E-state index in [9.17, 15) is 14.4 Å². The van der Waals surface area contributed by atoms with Gasteiger partial charge in [-0.2, -0.15) is 0 Å². The van der Waals surface area contributed by atoms with Gasteiger partial charge >= 0.3 is 6.03 Å². The Kier molecular flexibility index (Phi) is 11.2. The zero-order chi connectivity index (χ0) is 32.6. The van der Waals surface area contributed by atoms with Crippen LogP contribution in [0.15, 0.2) is 72.8 Å². The highest BCUT2D eigenvalue weighted by Gasteiger charge is 2.23. The average molecular weight is 613 g/mol. The third-order valence-corrected chi connectivity index (χ3v) is 8.06. The second-order valence-corrected chi connectivity index (χ2v) is 13.3. The SMILES string of the molecule is CN(C)c1ccc(NC(=O)N(CCC2CCCN2C)Cc2ccc(C(=O)Nc3ccccc3NC(=O)CC(C)(C)C)cc2)cc1. The number of carbonyl (C=O) groups excluding carboxylic acids is 3. The Morgan fingerprint density at radius 1 is 0.867 bits per heavy atom. The van der Waals surface area contributed by atoms with Crippen LogP contribution in [0.1, 0.15) is 62.4 Å². The van der Waals surface area contributed by atoms with Gasteiger partial charge in [-0.3, -0.25) is 9.59 Å². The Morgan fingerprint density at radius 2 is 1.51 bits per heavy atom. The van der Waals surface area contributed by atoms with Gasteiger partial charge in [0.05, 0.1) is 11.4 Å². The fourth-order valence-electron chi connectivity index (χ4n) is 5.50. The minimum Gasteiger partial charge on any atom is -0.378 e. The summed E-state index contributed by atoms with van der Waals surface area (Å²) in [6.45, 7) is 8.15. The van der Waals surface area contributed by atoms with Gasteiger partial charge in [0, 0.05) is 56.6 Å². The Bertz CT molecular complexity index is 1450. The predicted octanol–water partition coefficient (Wildman–Crippen LogP) is 6.90. The average Bonchev–Trinajstić information content (AvgIpc) is 3.40. The molecule has 9 heteroatoms. The molecule has 240 valence electrons. The zero-order valence-corrected chi connectivity index (χ0v) is 27.5. The van der Waals surface area contributed by atoms with Crippen LogP contribution in [0.3, 0.4) is 0 Å². The quantitative estimate of drug-likeness (QED) is 0.219. The second kappa shape index (κ2) is 15.1. The summed E-state index contributed by atoms with van der Waals surface area (Å²) in [5.74, 6) is -0.383. The van der Waals surface area contributed by atoms with Crippen LogP contribution in [0, 0.1) is 5.41 Å². The molecule has 0 spiro atoms. The standard InChI is InChI=1S/C36H48N6O3/c1-36(2,3)24-33(43)38-31-11-7-8-12-32(31)39-34(44)27-15-13-26(14-16-27)25-42(23-21-30-10-9-22-41(30)6)35(45)37-28-17-19-29(20-18-28)40(4)5/h7-8,11-20,30H,9-10,21-25H2,1-6H3,(H,37,45)(H,38,43)(H,39,44). The molecule has 1 atom stereocenters. The molecule has 4 rings (SSSR count). The molecular formula is C36H48N6O3. The lowest BCUT2D eigenvalue weighted by Gasteiger charge is -2.27. The molecule has 1 aliphatic rings. The number of para-hydroxylation sites is 2. The van der Waals surface area contributed by atoms with Gasteiger partial charge in [0.2, 0.25) is 5.91 Å². The molecular weight excluding hydrogens is 564 g/mol. The van der Waals surface area contributed by atoms with Gasteiger partial charge in [0.1, 0.15) is 0 Å². The van der Waals surface area contributed by atoms with E-state index in [2.05, 4.69) is 27.9 Å². The highest BCUT2D eigenvalue weighted by molar-refractivity contribution is 6.07. The van der Waals surface area contributed by atoms with E-state index < -0.39 is 0 Å². The van der Waals surface area contributed by atoms with E-state index in [1.165, 1.54) is 6.42 Å². The van der Waals surface area contributed by atoms with Crippen LogP contribution in [0.4, 0.5) is 27.5 Å². The maximum atomic E-state index is 13.5. The fraction of sp³-hybridized carbons (Fsp3) is 0.417. The molecule has 1 fully saturated rings. The van der Waals surface area contributed by atoms with Gasteiger partial charge in [0.15, 0.2) is 0 Å². The fourth-order valence-corrected chi connectivity index (χ4v) is 5.50. The third kappa shape index (κ3) is 10.1. The van der Waals surface area contributed by atoms with Crippen LogP contribution in [0.5, 0.6) is 0 Å². The van der Waals surface area contributed by atoms with Gasteiger partial charge < -0.3 is 30.7 Å². The number of likely N-dealkylation sites (tertiary alicyclic amines) is 1. The number of hydrogen-bond donors (Lipinski definition) is 3. The molecule has 9 nitrogen and oxygen atoms in total. The van der Waals surface area contributed by atoms with Gasteiger partial charge in [-0.25, -0.2) is 4.79 Å². The van der Waals surface area contributed by atoms with E-state index in [0.717, 1.165) is 36.3 Å². The van der Waals surface area contributed by atoms with Gasteiger partial charge in [-0.1, -0.05) is 45.0 Å². The summed E-state index contributed by atoms with van der Waals surface area (Å²) in [6.07, 6.45) is 3.59. The molecule has 0 bridgehead atoms. The number of anilines is 4. The lowest BCUT2D eigenvalue weighted by molar-refractivity contribution is -0.117. The van der Waals surface area contributed by atoms with E-state index in [1.54, 1.807) is 24.3 Å². The molecule has 1 heterocycles. The topological polar surface area (TPSA) is 97.0 Å². The molecule has 0 aliphatic carbocycles. The first kappa shape index (κ1) is 33.5. The van der Waals surface area contributed by atoms with Crippen LogP contribution in [-0.2, 0) is 11.3 Å². The first-order chi connectivity index (χ1) is 21.4. The molecule has 45 heavy (non-hydrogen) atoms. The maximum absolute atomic E-state index is 13.5. The molecule has 0 saturated carbocycles. The summed E-state index contributed by atoms with van der Waals surface area (Å²) in [5.41, 5.74) is 4.17. The monoisotopic (exact) mass is 612 g/mol. The summed E-state index contributed by atoms with van der Waals surface area (Å²) >= 11 is 0. The lowest BCUT2D eigenvalue weighted by Crippen LogP contribution is -2.38. The van der Waals surface area contributed by atoms with Crippen molar-refractivity contribution in [3.05, 3.63) is 83.9 Å². The molecule has 3 aromatic rings. The van der Waals surface area contributed by atoms with Gasteiger partial charge in [-0.05, 0) is 92.4 Å². The number of urea groups is 1. The van der Waals surface area contributed by atoms with E-state index in [4.69, 9.17) is 0 Å². The van der Waals surface area contributed by atoms with Gasteiger partial charge in [0.25, 0.3) is 5.91 Å². The van der Waals surface area contributed by atoms with Crippen molar-refractivity contribution in [2.75, 3.05) is 55.1 Å². The summed E-state index contributed by atoms with van der Waals surface area (Å²) < 4.78 is 0. The van der Waals surface area contributed by atoms with E-state index in [0.29, 0.717) is 42.5 Å². The van der Waals surface area contributed by atoms with Crippen molar-refractivity contribution in [3.63, 3.8) is 0 Å². The summed E-state index contributed by atoms with van der Waals surface area (Å²) in [7, 11) is 6.12. The Morgan fingerprint density at radius 3 is 2.09 bits per heavy atom. The largest absolute Gasteiger partial charge is 0.378 e. The Balaban J connectivity index is 1.42. The van der Waals surface area contributed by atoms with Crippen LogP contribution in [0.2, 0.25) is 0 Å². The number of amides is 4. The highest BCUT2D eigenvalue weighted by atomic mass is 16.2. The summed E-state index contributed by atoms with van der Waals surface area (Å²) in [6, 6.07) is 22.6. The summed E-state index contributed by atoms with van der Waals surface area (Å²) in [4.78, 5) is 45.4. The lowest BCUT2D eigenvalue weighted by atomic mass is 9.92. The highest BCUT2D eigenvalue weighted by Crippen LogP contribution is 2.25. The van der Waals surface area contributed by atoms with Crippen molar-refractivity contribution < 1.29 is 14.4 Å². The minimum absolute atomic E-state index is 0.104. The number of nitrogens with zero attached hydrogens (tertiary/aromatic N) is 3. The number of nitrogens with one attached hydrogen (secondary N) is 3. The minimum atomic E-state index is -0.279. The van der Waals surface area contributed by atoms with Crippen molar-refractivity contribution in [2.24, 2.45) is 5.41 Å². The van der Waals surface area contributed by atoms with Crippen molar-refractivity contribution in [1.29, 1.82) is 0 Å². The molecule has 1 aliphatic heterocycles. The predicted molar refractivity (Wildman–Crippen MR) is 184 cm³/mol. The number of hydrogen-bond acceptors (Lipinski definition) is 5. The van der Waals surface area contributed by atoms with E-state index >= 15 is 0 Å². The molecule has 1 unspecified atom stereocenters. The molecule has 3 aromatic carbocycles. The molecule has 3 N–H and O–H groups in total. The van der Waals surface area contributed by atoms with Crippen LogP contribution in [0.25, 0.3) is 0 Å². The smallest absolute Gasteiger partial charge is 0.322 e. The Hall–Kier alpha value is -4.37. The van der Waals surface area contributed by atoms with Crippen molar-refractivity contribution in [1.82, 2.24) is 9.80 Å². The number of carbonyl (C=O) groups is 3.